The van der Waals surface area contributed by atoms with E-state index in [1.165, 1.54) is 11.0 Å². The third kappa shape index (κ3) is 5.51. The Morgan fingerprint density at radius 2 is 1.86 bits per heavy atom. The van der Waals surface area contributed by atoms with Gasteiger partial charge in [-0.2, -0.15) is 5.26 Å². The van der Waals surface area contributed by atoms with Crippen LogP contribution in [0.5, 0.6) is 5.75 Å². The van der Waals surface area contributed by atoms with E-state index in [1.807, 2.05) is 12.1 Å². The minimum absolute atomic E-state index is 0.0827. The molecule has 0 aromatic heterocycles. The fraction of sp³-hybridized carbons (Fsp3) is 0.185. The molecule has 0 radical (unpaired) electrons. The van der Waals surface area contributed by atoms with Crippen LogP contribution < -0.4 is 15.0 Å². The number of ether oxygens (including phenoxy) is 2. The van der Waals surface area contributed by atoms with Gasteiger partial charge in [0.1, 0.15) is 5.75 Å². The molecule has 3 aromatic carbocycles. The van der Waals surface area contributed by atoms with Crippen LogP contribution in [0.4, 0.5) is 5.69 Å². The van der Waals surface area contributed by atoms with Crippen molar-refractivity contribution >= 4 is 23.5 Å². The molecule has 1 unspecified atom stereocenters. The van der Waals surface area contributed by atoms with Crippen LogP contribution in [0.15, 0.2) is 72.8 Å². The number of amides is 2. The molecular formula is C27H23N3O6. The van der Waals surface area contributed by atoms with Gasteiger partial charge >= 0.3 is 5.97 Å². The summed E-state index contributed by atoms with van der Waals surface area (Å²) in [6.45, 7) is 0.0827. The van der Waals surface area contributed by atoms with E-state index in [9.17, 15) is 19.5 Å². The van der Waals surface area contributed by atoms with Crippen molar-refractivity contribution in [3.05, 3.63) is 95.1 Å². The summed E-state index contributed by atoms with van der Waals surface area (Å²) < 4.78 is 11.5. The lowest BCUT2D eigenvalue weighted by atomic mass is 10.0. The van der Waals surface area contributed by atoms with Crippen LogP contribution in [0.3, 0.4) is 0 Å². The molecule has 1 aliphatic heterocycles. The first-order chi connectivity index (χ1) is 17.4. The molecule has 182 valence electrons. The zero-order valence-corrected chi connectivity index (χ0v) is 19.4. The molecule has 2 amide bonds. The quantitative estimate of drug-likeness (QED) is 0.500. The van der Waals surface area contributed by atoms with Gasteiger partial charge in [0, 0.05) is 12.6 Å². The molecule has 3 aromatic rings. The molecule has 9 nitrogen and oxygen atoms in total. The van der Waals surface area contributed by atoms with Crippen LogP contribution in [0.1, 0.15) is 39.5 Å². The zero-order chi connectivity index (χ0) is 25.7. The van der Waals surface area contributed by atoms with E-state index in [2.05, 4.69) is 5.32 Å². The highest BCUT2D eigenvalue weighted by atomic mass is 16.7. The van der Waals surface area contributed by atoms with E-state index in [4.69, 9.17) is 14.7 Å². The van der Waals surface area contributed by atoms with Crippen molar-refractivity contribution in [2.75, 3.05) is 11.9 Å². The second-order valence-electron chi connectivity index (χ2n) is 8.18. The fourth-order valence-corrected chi connectivity index (χ4v) is 3.78. The Hall–Kier alpha value is -4.68. The number of carbonyl (C=O) groups excluding carboxylic acids is 2. The van der Waals surface area contributed by atoms with Crippen LogP contribution >= 0.6 is 0 Å². The first-order valence-electron chi connectivity index (χ1n) is 11.1. The summed E-state index contributed by atoms with van der Waals surface area (Å²) in [7, 11) is 1.58. The standard InChI is InChI=1S/C27H23N3O6/c1-30-22-12-11-20(25(33)29-21(14-24(31)32)19-5-3-2-4-6-19)13-23(22)36-27(26(30)34)35-16-18-9-7-17(15-28)8-10-18/h2-13,21,27H,14,16H2,1H3,(H,29,33)(H,31,32)/t21-,27?/m0/s1. The summed E-state index contributed by atoms with van der Waals surface area (Å²) in [5.41, 5.74) is 2.66. The van der Waals surface area contributed by atoms with Crippen LogP contribution in [-0.2, 0) is 20.9 Å². The molecule has 0 bridgehead atoms. The van der Waals surface area contributed by atoms with Gasteiger partial charge in [0.25, 0.3) is 18.1 Å². The summed E-state index contributed by atoms with van der Waals surface area (Å²) >= 11 is 0. The molecule has 1 aliphatic rings. The van der Waals surface area contributed by atoms with Crippen molar-refractivity contribution < 1.29 is 29.0 Å². The van der Waals surface area contributed by atoms with Crippen LogP contribution in [0.25, 0.3) is 0 Å². The SMILES string of the molecule is CN1C(=O)C(OCc2ccc(C#N)cc2)Oc2cc(C(=O)N[C@@H](CC(=O)O)c3ccccc3)ccc21. The number of hydrogen-bond donors (Lipinski definition) is 2. The van der Waals surface area contributed by atoms with E-state index >= 15 is 0 Å². The monoisotopic (exact) mass is 485 g/mol. The summed E-state index contributed by atoms with van der Waals surface area (Å²) in [4.78, 5) is 38.5. The maximum atomic E-state index is 13.0. The van der Waals surface area contributed by atoms with Crippen molar-refractivity contribution in [3.63, 3.8) is 0 Å². The van der Waals surface area contributed by atoms with Crippen LogP contribution in [-0.4, -0.2) is 36.2 Å². The molecule has 0 spiro atoms. The summed E-state index contributed by atoms with van der Waals surface area (Å²) in [5.74, 6) is -1.64. The Kier molecular flexibility index (Phi) is 7.28. The highest BCUT2D eigenvalue weighted by Gasteiger charge is 2.34. The van der Waals surface area contributed by atoms with E-state index in [1.54, 1.807) is 67.7 Å². The number of nitrogens with zero attached hydrogens (tertiary/aromatic N) is 2. The average Bonchev–Trinajstić information content (AvgIpc) is 2.89. The van der Waals surface area contributed by atoms with Crippen LogP contribution in [0, 0.1) is 11.3 Å². The van der Waals surface area contributed by atoms with Gasteiger partial charge in [-0.3, -0.25) is 14.4 Å². The van der Waals surface area contributed by atoms with Crippen LogP contribution in [0.2, 0.25) is 0 Å². The van der Waals surface area contributed by atoms with E-state index < -0.39 is 30.1 Å². The molecule has 0 fully saturated rings. The Morgan fingerprint density at radius 3 is 2.53 bits per heavy atom. The lowest BCUT2D eigenvalue weighted by Gasteiger charge is -2.32. The molecule has 0 aliphatic carbocycles. The summed E-state index contributed by atoms with van der Waals surface area (Å²) in [6.07, 6.45) is -1.50. The van der Waals surface area contributed by atoms with Gasteiger partial charge in [0.2, 0.25) is 0 Å². The number of nitriles is 1. The smallest absolute Gasteiger partial charge is 0.305 e. The molecule has 1 heterocycles. The lowest BCUT2D eigenvalue weighted by Crippen LogP contribution is -2.45. The highest BCUT2D eigenvalue weighted by Crippen LogP contribution is 2.34. The van der Waals surface area contributed by atoms with Gasteiger partial charge in [0.05, 0.1) is 36.4 Å². The Morgan fingerprint density at radius 1 is 1.14 bits per heavy atom. The summed E-state index contributed by atoms with van der Waals surface area (Å²) in [6, 6.07) is 21.6. The second kappa shape index (κ2) is 10.7. The van der Waals surface area contributed by atoms with E-state index in [-0.39, 0.29) is 24.3 Å². The molecule has 4 rings (SSSR count). The molecule has 0 saturated heterocycles. The topological polar surface area (TPSA) is 129 Å². The summed E-state index contributed by atoms with van der Waals surface area (Å²) in [5, 5.41) is 21.0. The molecule has 0 saturated carbocycles. The number of benzene rings is 3. The fourth-order valence-electron chi connectivity index (χ4n) is 3.78. The minimum Gasteiger partial charge on any atom is -0.481 e. The van der Waals surface area contributed by atoms with Gasteiger partial charge in [-0.15, -0.1) is 0 Å². The molecule has 2 N–H and O–H groups in total. The van der Waals surface area contributed by atoms with Crippen molar-refractivity contribution in [2.45, 2.75) is 25.4 Å². The third-order valence-corrected chi connectivity index (χ3v) is 5.72. The number of carbonyl (C=O) groups is 3. The third-order valence-electron chi connectivity index (χ3n) is 5.72. The normalized spacial score (nSPS) is 15.3. The van der Waals surface area contributed by atoms with Gasteiger partial charge in [-0.25, -0.2) is 0 Å². The van der Waals surface area contributed by atoms with Gasteiger partial charge in [-0.1, -0.05) is 42.5 Å². The van der Waals surface area contributed by atoms with Gasteiger partial charge in [-0.05, 0) is 41.5 Å². The van der Waals surface area contributed by atoms with Crippen molar-refractivity contribution in [1.82, 2.24) is 5.32 Å². The molecular weight excluding hydrogens is 462 g/mol. The largest absolute Gasteiger partial charge is 0.481 e. The zero-order valence-electron chi connectivity index (χ0n) is 19.4. The van der Waals surface area contributed by atoms with Crippen molar-refractivity contribution in [1.29, 1.82) is 5.26 Å². The Balaban J connectivity index is 1.49. The maximum absolute atomic E-state index is 13.0. The number of carboxylic acids is 1. The number of rotatable bonds is 8. The number of nitrogens with one attached hydrogen (secondary N) is 1. The van der Waals surface area contributed by atoms with Gasteiger partial charge < -0.3 is 24.8 Å². The predicted molar refractivity (Wildman–Crippen MR) is 129 cm³/mol. The number of aliphatic carboxylic acids is 1. The number of likely N-dealkylation sites (N-methyl/N-ethyl adjacent to an activating group) is 1. The molecule has 9 heteroatoms. The number of hydrogen-bond acceptors (Lipinski definition) is 6. The van der Waals surface area contributed by atoms with Crippen molar-refractivity contribution in [3.8, 4) is 11.8 Å². The Bertz CT molecular complexity index is 1320. The first-order valence-corrected chi connectivity index (χ1v) is 11.1. The Labute approximate surface area is 207 Å². The maximum Gasteiger partial charge on any atom is 0.305 e. The molecule has 36 heavy (non-hydrogen) atoms. The number of carboxylic acid groups (broad SMARTS) is 1. The average molecular weight is 485 g/mol. The number of anilines is 1. The molecule has 2 atom stereocenters. The highest BCUT2D eigenvalue weighted by molar-refractivity contribution is 6.01. The van der Waals surface area contributed by atoms with Gasteiger partial charge in [0.15, 0.2) is 0 Å². The minimum atomic E-state index is -1.22. The first kappa shape index (κ1) is 24.4. The van der Waals surface area contributed by atoms with E-state index in [0.717, 1.165) is 5.56 Å². The van der Waals surface area contributed by atoms with Crippen molar-refractivity contribution in [2.24, 2.45) is 0 Å². The second-order valence-corrected chi connectivity index (χ2v) is 8.18. The number of fused-ring (bicyclic) bond motifs is 1. The lowest BCUT2D eigenvalue weighted by molar-refractivity contribution is -0.153. The van der Waals surface area contributed by atoms with E-state index in [0.29, 0.717) is 16.8 Å². The predicted octanol–water partition coefficient (Wildman–Crippen LogP) is 3.40.